The standard InChI is InChI=1S/C13H12F3NO2/c1-17-7-9(8-5-3-4-6-10(8)17)11(12(18)19-2)13(14,15)16/h3-7,11H,1-2H3. The fourth-order valence-corrected chi connectivity index (χ4v) is 2.16. The van der Waals surface area contributed by atoms with Crippen molar-refractivity contribution in [3.8, 4) is 0 Å². The smallest absolute Gasteiger partial charge is 0.406 e. The van der Waals surface area contributed by atoms with E-state index in [4.69, 9.17) is 0 Å². The molecular formula is C13H12F3NO2. The predicted octanol–water partition coefficient (Wildman–Crippen LogP) is 3.00. The summed E-state index contributed by atoms with van der Waals surface area (Å²) in [6.07, 6.45) is -3.36. The topological polar surface area (TPSA) is 31.2 Å². The Kier molecular flexibility index (Phi) is 3.26. The van der Waals surface area contributed by atoms with Crippen molar-refractivity contribution in [3.63, 3.8) is 0 Å². The molecule has 0 saturated heterocycles. The number of methoxy groups -OCH3 is 1. The molecule has 0 saturated carbocycles. The summed E-state index contributed by atoms with van der Waals surface area (Å²) in [7, 11) is 2.59. The number of para-hydroxylation sites is 1. The highest BCUT2D eigenvalue weighted by molar-refractivity contribution is 5.90. The van der Waals surface area contributed by atoms with Gasteiger partial charge < -0.3 is 9.30 Å². The van der Waals surface area contributed by atoms with E-state index in [1.165, 1.54) is 6.20 Å². The summed E-state index contributed by atoms with van der Waals surface area (Å²) < 4.78 is 45.1. The molecule has 1 aromatic heterocycles. The molecule has 2 rings (SSSR count). The third-order valence-electron chi connectivity index (χ3n) is 3.00. The Labute approximate surface area is 107 Å². The summed E-state index contributed by atoms with van der Waals surface area (Å²) in [5.74, 6) is -3.56. The average Bonchev–Trinajstić information content (AvgIpc) is 2.66. The van der Waals surface area contributed by atoms with Crippen molar-refractivity contribution in [2.45, 2.75) is 12.1 Å². The van der Waals surface area contributed by atoms with Crippen molar-refractivity contribution in [1.29, 1.82) is 0 Å². The fourth-order valence-electron chi connectivity index (χ4n) is 2.16. The van der Waals surface area contributed by atoms with Crippen LogP contribution in [0.1, 0.15) is 11.5 Å². The minimum absolute atomic E-state index is 0.0857. The van der Waals surface area contributed by atoms with Gasteiger partial charge in [-0.25, -0.2) is 0 Å². The molecule has 3 nitrogen and oxygen atoms in total. The second kappa shape index (κ2) is 4.60. The molecule has 0 amide bonds. The van der Waals surface area contributed by atoms with Gasteiger partial charge in [-0.3, -0.25) is 4.79 Å². The summed E-state index contributed by atoms with van der Waals surface area (Å²) in [5, 5.41) is 0.401. The van der Waals surface area contributed by atoms with Gasteiger partial charge in [-0.15, -0.1) is 0 Å². The first kappa shape index (κ1) is 13.5. The third-order valence-corrected chi connectivity index (χ3v) is 3.00. The van der Waals surface area contributed by atoms with Gasteiger partial charge in [0, 0.05) is 29.7 Å². The highest BCUT2D eigenvalue weighted by atomic mass is 19.4. The third kappa shape index (κ3) is 2.30. The number of carbonyl (C=O) groups is 1. The molecule has 6 heteroatoms. The SMILES string of the molecule is COC(=O)C(c1cn(C)c2ccccc12)C(F)(F)F. The Balaban J connectivity index is 2.67. The first-order valence-electron chi connectivity index (χ1n) is 5.54. The van der Waals surface area contributed by atoms with Crippen LogP contribution in [0.4, 0.5) is 13.2 Å². The summed E-state index contributed by atoms with van der Waals surface area (Å²) >= 11 is 0. The zero-order valence-corrected chi connectivity index (χ0v) is 10.4. The van der Waals surface area contributed by atoms with Crippen LogP contribution >= 0.6 is 0 Å². The van der Waals surface area contributed by atoms with Crippen molar-refractivity contribution in [2.24, 2.45) is 7.05 Å². The molecule has 0 spiro atoms. The lowest BCUT2D eigenvalue weighted by atomic mass is 9.98. The van der Waals surface area contributed by atoms with Crippen molar-refractivity contribution in [2.75, 3.05) is 7.11 Å². The number of ether oxygens (including phenoxy) is 1. The van der Waals surface area contributed by atoms with E-state index in [0.717, 1.165) is 7.11 Å². The van der Waals surface area contributed by atoms with Crippen LogP contribution in [-0.4, -0.2) is 23.8 Å². The molecule has 2 aromatic rings. The van der Waals surface area contributed by atoms with E-state index in [1.807, 2.05) is 0 Å². The Morgan fingerprint density at radius 3 is 2.53 bits per heavy atom. The van der Waals surface area contributed by atoms with Crippen LogP contribution in [-0.2, 0) is 16.6 Å². The highest BCUT2D eigenvalue weighted by Crippen LogP contribution is 2.39. The zero-order chi connectivity index (χ0) is 14.2. The molecule has 19 heavy (non-hydrogen) atoms. The van der Waals surface area contributed by atoms with Crippen LogP contribution in [0, 0.1) is 0 Å². The number of hydrogen-bond donors (Lipinski definition) is 0. The Hall–Kier alpha value is -1.98. The fraction of sp³-hybridized carbons (Fsp3) is 0.308. The van der Waals surface area contributed by atoms with E-state index in [1.54, 1.807) is 35.9 Å². The summed E-state index contributed by atoms with van der Waals surface area (Å²) in [6.45, 7) is 0. The maximum absolute atomic E-state index is 13.1. The molecule has 0 aliphatic heterocycles. The number of aromatic nitrogens is 1. The van der Waals surface area contributed by atoms with Crippen molar-refractivity contribution in [3.05, 3.63) is 36.0 Å². The van der Waals surface area contributed by atoms with Gasteiger partial charge in [-0.05, 0) is 6.07 Å². The van der Waals surface area contributed by atoms with Gasteiger partial charge in [0.2, 0.25) is 0 Å². The first-order valence-corrected chi connectivity index (χ1v) is 5.54. The number of hydrogen-bond acceptors (Lipinski definition) is 2. The number of aryl methyl sites for hydroxylation is 1. The lowest BCUT2D eigenvalue weighted by Crippen LogP contribution is -2.29. The Morgan fingerprint density at radius 1 is 1.32 bits per heavy atom. The average molecular weight is 271 g/mol. The van der Waals surface area contributed by atoms with Gasteiger partial charge in [0.15, 0.2) is 5.92 Å². The molecule has 0 N–H and O–H groups in total. The number of benzene rings is 1. The summed E-state index contributed by atoms with van der Waals surface area (Å²) in [6, 6.07) is 6.62. The zero-order valence-electron chi connectivity index (χ0n) is 10.4. The number of esters is 1. The quantitative estimate of drug-likeness (QED) is 0.786. The first-order chi connectivity index (χ1) is 8.86. The molecule has 102 valence electrons. The van der Waals surface area contributed by atoms with E-state index in [-0.39, 0.29) is 5.56 Å². The molecule has 1 unspecified atom stereocenters. The van der Waals surface area contributed by atoms with E-state index >= 15 is 0 Å². The van der Waals surface area contributed by atoms with Crippen LogP contribution in [0.15, 0.2) is 30.5 Å². The van der Waals surface area contributed by atoms with Gasteiger partial charge in [-0.2, -0.15) is 13.2 Å². The van der Waals surface area contributed by atoms with Gasteiger partial charge in [0.1, 0.15) is 0 Å². The van der Waals surface area contributed by atoms with Crippen molar-refractivity contribution < 1.29 is 22.7 Å². The van der Waals surface area contributed by atoms with Crippen LogP contribution in [0.5, 0.6) is 0 Å². The normalized spacial score (nSPS) is 13.5. The minimum Gasteiger partial charge on any atom is -0.468 e. The summed E-state index contributed by atoms with van der Waals surface area (Å²) in [4.78, 5) is 11.5. The second-order valence-corrected chi connectivity index (χ2v) is 4.21. The van der Waals surface area contributed by atoms with Gasteiger partial charge in [0.25, 0.3) is 0 Å². The van der Waals surface area contributed by atoms with Gasteiger partial charge in [0.05, 0.1) is 7.11 Å². The highest BCUT2D eigenvalue weighted by Gasteiger charge is 2.48. The largest absolute Gasteiger partial charge is 0.468 e. The van der Waals surface area contributed by atoms with Crippen LogP contribution < -0.4 is 0 Å². The Morgan fingerprint density at radius 2 is 1.95 bits per heavy atom. The molecule has 1 aromatic carbocycles. The molecule has 1 heterocycles. The molecule has 0 aliphatic carbocycles. The predicted molar refractivity (Wildman–Crippen MR) is 63.7 cm³/mol. The maximum Gasteiger partial charge on any atom is 0.406 e. The molecule has 0 bridgehead atoms. The number of rotatable bonds is 2. The van der Waals surface area contributed by atoms with Crippen molar-refractivity contribution >= 4 is 16.9 Å². The number of alkyl halides is 3. The number of halogens is 3. The van der Waals surface area contributed by atoms with Crippen LogP contribution in [0.2, 0.25) is 0 Å². The lowest BCUT2D eigenvalue weighted by Gasteiger charge is -2.17. The molecular weight excluding hydrogens is 259 g/mol. The molecule has 0 radical (unpaired) electrons. The monoisotopic (exact) mass is 271 g/mol. The second-order valence-electron chi connectivity index (χ2n) is 4.21. The maximum atomic E-state index is 13.1. The minimum atomic E-state index is -4.68. The van der Waals surface area contributed by atoms with Crippen LogP contribution in [0.3, 0.4) is 0 Å². The molecule has 0 fully saturated rings. The van der Waals surface area contributed by atoms with E-state index in [9.17, 15) is 18.0 Å². The molecule has 1 atom stereocenters. The van der Waals surface area contributed by atoms with Crippen molar-refractivity contribution in [1.82, 2.24) is 4.57 Å². The number of carbonyl (C=O) groups excluding carboxylic acids is 1. The molecule has 0 aliphatic rings. The van der Waals surface area contributed by atoms with E-state index < -0.39 is 18.1 Å². The van der Waals surface area contributed by atoms with Gasteiger partial charge >= 0.3 is 12.1 Å². The lowest BCUT2D eigenvalue weighted by molar-refractivity contribution is -0.179. The number of nitrogens with zero attached hydrogens (tertiary/aromatic N) is 1. The van der Waals surface area contributed by atoms with Crippen LogP contribution in [0.25, 0.3) is 10.9 Å². The van der Waals surface area contributed by atoms with E-state index in [0.29, 0.717) is 10.9 Å². The van der Waals surface area contributed by atoms with E-state index in [2.05, 4.69) is 4.74 Å². The number of fused-ring (bicyclic) bond motifs is 1. The summed E-state index contributed by atoms with van der Waals surface area (Å²) in [5.41, 5.74) is 0.549. The Bertz CT molecular complexity index is 616. The van der Waals surface area contributed by atoms with Gasteiger partial charge in [-0.1, -0.05) is 18.2 Å².